The van der Waals surface area contributed by atoms with E-state index in [0.717, 1.165) is 36.4 Å². The van der Waals surface area contributed by atoms with Gasteiger partial charge in [0.15, 0.2) is 0 Å². The van der Waals surface area contributed by atoms with Crippen LogP contribution < -0.4 is 10.6 Å². The third-order valence-electron chi connectivity index (χ3n) is 5.84. The molecular formula is C22H29Cl2N3O. The normalized spacial score (nSPS) is 20.6. The lowest BCUT2D eigenvalue weighted by atomic mass is 10.1. The van der Waals surface area contributed by atoms with E-state index in [9.17, 15) is 4.79 Å². The number of amides is 1. The smallest absolute Gasteiger partial charge is 0.256 e. The van der Waals surface area contributed by atoms with E-state index in [-0.39, 0.29) is 30.7 Å². The Hall–Kier alpha value is -1.75. The van der Waals surface area contributed by atoms with Crippen molar-refractivity contribution in [3.63, 3.8) is 0 Å². The Balaban J connectivity index is 0.00000140. The van der Waals surface area contributed by atoms with Crippen LogP contribution in [-0.2, 0) is 0 Å². The molecule has 2 N–H and O–H groups in total. The summed E-state index contributed by atoms with van der Waals surface area (Å²) in [6.07, 6.45) is 3.48. The highest BCUT2D eigenvalue weighted by Gasteiger charge is 2.32. The van der Waals surface area contributed by atoms with Gasteiger partial charge < -0.3 is 15.5 Å². The molecule has 1 amide bonds. The summed E-state index contributed by atoms with van der Waals surface area (Å²) in [6, 6.07) is 15.1. The fraction of sp³-hybridized carbons (Fsp3) is 0.409. The third-order valence-corrected chi connectivity index (χ3v) is 5.84. The molecule has 2 bridgehead atoms. The second-order valence-electron chi connectivity index (χ2n) is 7.60. The molecule has 28 heavy (non-hydrogen) atoms. The summed E-state index contributed by atoms with van der Waals surface area (Å²) in [5.74, 6) is 0.132. The van der Waals surface area contributed by atoms with Gasteiger partial charge in [0.05, 0.1) is 11.3 Å². The van der Waals surface area contributed by atoms with Crippen LogP contribution in [0.2, 0.25) is 0 Å². The summed E-state index contributed by atoms with van der Waals surface area (Å²) in [5, 5.41) is 7.14. The van der Waals surface area contributed by atoms with Crippen molar-refractivity contribution in [2.45, 2.75) is 45.2 Å². The number of para-hydroxylation sites is 1. The van der Waals surface area contributed by atoms with Crippen LogP contribution in [0.4, 0.5) is 11.4 Å². The van der Waals surface area contributed by atoms with Crippen LogP contribution in [0.15, 0.2) is 42.5 Å². The lowest BCUT2D eigenvalue weighted by molar-refractivity contribution is 0.0749. The van der Waals surface area contributed by atoms with E-state index >= 15 is 0 Å². The van der Waals surface area contributed by atoms with Crippen LogP contribution in [0.3, 0.4) is 0 Å². The molecule has 0 saturated carbocycles. The van der Waals surface area contributed by atoms with Crippen molar-refractivity contribution in [1.82, 2.24) is 10.2 Å². The second-order valence-corrected chi connectivity index (χ2v) is 7.60. The summed E-state index contributed by atoms with van der Waals surface area (Å²) in [7, 11) is 0. The van der Waals surface area contributed by atoms with Gasteiger partial charge in [-0.1, -0.05) is 24.3 Å². The van der Waals surface area contributed by atoms with Crippen molar-refractivity contribution >= 4 is 42.1 Å². The van der Waals surface area contributed by atoms with E-state index in [2.05, 4.69) is 36.6 Å². The van der Waals surface area contributed by atoms with E-state index < -0.39 is 0 Å². The van der Waals surface area contributed by atoms with E-state index in [4.69, 9.17) is 0 Å². The first-order chi connectivity index (χ1) is 12.6. The van der Waals surface area contributed by atoms with E-state index in [0.29, 0.717) is 12.1 Å². The predicted molar refractivity (Wildman–Crippen MR) is 121 cm³/mol. The Kier molecular flexibility index (Phi) is 7.76. The highest BCUT2D eigenvalue weighted by molar-refractivity contribution is 6.00. The molecule has 0 aliphatic carbocycles. The van der Waals surface area contributed by atoms with Gasteiger partial charge in [-0.05, 0) is 62.4 Å². The molecule has 2 aromatic carbocycles. The Morgan fingerprint density at radius 2 is 1.68 bits per heavy atom. The van der Waals surface area contributed by atoms with Gasteiger partial charge in [0.1, 0.15) is 0 Å². The van der Waals surface area contributed by atoms with Crippen molar-refractivity contribution in [2.24, 2.45) is 0 Å². The zero-order chi connectivity index (χ0) is 18.1. The highest BCUT2D eigenvalue weighted by Crippen LogP contribution is 2.27. The predicted octanol–water partition coefficient (Wildman–Crippen LogP) is 4.86. The molecule has 2 heterocycles. The van der Waals surface area contributed by atoms with E-state index in [1.807, 2.05) is 35.2 Å². The van der Waals surface area contributed by atoms with Crippen LogP contribution >= 0.6 is 24.8 Å². The van der Waals surface area contributed by atoms with Gasteiger partial charge in [-0.3, -0.25) is 4.79 Å². The Bertz CT molecular complexity index is 827. The van der Waals surface area contributed by atoms with Gasteiger partial charge in [-0.2, -0.15) is 0 Å². The maximum absolute atomic E-state index is 13.2. The monoisotopic (exact) mass is 421 g/mol. The highest BCUT2D eigenvalue weighted by atomic mass is 35.5. The third kappa shape index (κ3) is 4.62. The molecule has 2 unspecified atom stereocenters. The van der Waals surface area contributed by atoms with Crippen molar-refractivity contribution in [2.75, 3.05) is 18.4 Å². The zero-order valence-electron chi connectivity index (χ0n) is 16.4. The lowest BCUT2D eigenvalue weighted by Crippen LogP contribution is -2.39. The molecule has 4 nitrogen and oxygen atoms in total. The number of likely N-dealkylation sites (tertiary alicyclic amines) is 1. The first-order valence-corrected chi connectivity index (χ1v) is 9.59. The SMILES string of the molecule is Cc1cccc(Nc2ccccc2C(=O)N2CCC3CCC(C2)N3)c1C.Cl.Cl. The number of halogens is 2. The number of aryl methyl sites for hydroxylation is 1. The van der Waals surface area contributed by atoms with Gasteiger partial charge in [-0.15, -0.1) is 24.8 Å². The minimum absolute atomic E-state index is 0. The van der Waals surface area contributed by atoms with Crippen LogP contribution in [0.1, 0.15) is 40.7 Å². The number of hydrogen-bond donors (Lipinski definition) is 2. The van der Waals surface area contributed by atoms with Crippen LogP contribution in [0.5, 0.6) is 0 Å². The molecule has 0 spiro atoms. The number of carbonyl (C=O) groups is 1. The number of nitrogens with zero attached hydrogens (tertiary/aromatic N) is 1. The molecule has 0 radical (unpaired) electrons. The molecule has 2 aliphatic heterocycles. The zero-order valence-corrected chi connectivity index (χ0v) is 18.0. The molecule has 4 rings (SSSR count). The van der Waals surface area contributed by atoms with Gasteiger partial charge in [0, 0.05) is 30.9 Å². The van der Waals surface area contributed by atoms with Crippen LogP contribution in [-0.4, -0.2) is 36.0 Å². The lowest BCUT2D eigenvalue weighted by Gasteiger charge is -2.25. The molecule has 2 aromatic rings. The summed E-state index contributed by atoms with van der Waals surface area (Å²) < 4.78 is 0. The number of hydrogen-bond acceptors (Lipinski definition) is 3. The second kappa shape index (κ2) is 9.64. The first kappa shape index (κ1) is 22.5. The quantitative estimate of drug-likeness (QED) is 0.743. The molecule has 0 aromatic heterocycles. The minimum atomic E-state index is 0. The maximum atomic E-state index is 13.2. The maximum Gasteiger partial charge on any atom is 0.256 e. The average molecular weight is 422 g/mol. The van der Waals surface area contributed by atoms with Gasteiger partial charge in [0.2, 0.25) is 0 Å². The minimum Gasteiger partial charge on any atom is -0.355 e. The topological polar surface area (TPSA) is 44.4 Å². The Labute approximate surface area is 179 Å². The van der Waals surface area contributed by atoms with E-state index in [1.54, 1.807) is 0 Å². The summed E-state index contributed by atoms with van der Waals surface area (Å²) >= 11 is 0. The summed E-state index contributed by atoms with van der Waals surface area (Å²) in [6.45, 7) is 5.87. The van der Waals surface area contributed by atoms with Crippen molar-refractivity contribution in [3.8, 4) is 0 Å². The number of rotatable bonds is 3. The molecule has 2 fully saturated rings. The number of nitrogens with one attached hydrogen (secondary N) is 2. The largest absolute Gasteiger partial charge is 0.355 e. The van der Waals surface area contributed by atoms with Gasteiger partial charge >= 0.3 is 0 Å². The summed E-state index contributed by atoms with van der Waals surface area (Å²) in [5.41, 5.74) is 5.15. The molecule has 2 saturated heterocycles. The van der Waals surface area contributed by atoms with Crippen molar-refractivity contribution in [3.05, 3.63) is 59.2 Å². The van der Waals surface area contributed by atoms with Crippen molar-refractivity contribution < 1.29 is 4.79 Å². The average Bonchev–Trinajstić information content (AvgIpc) is 2.98. The molecule has 2 aliphatic rings. The number of carbonyl (C=O) groups excluding carboxylic acids is 1. The van der Waals surface area contributed by atoms with Crippen LogP contribution in [0, 0.1) is 13.8 Å². The van der Waals surface area contributed by atoms with Gasteiger partial charge in [0.25, 0.3) is 5.91 Å². The van der Waals surface area contributed by atoms with Crippen LogP contribution in [0.25, 0.3) is 0 Å². The fourth-order valence-electron chi connectivity index (χ4n) is 4.11. The van der Waals surface area contributed by atoms with Gasteiger partial charge in [-0.25, -0.2) is 0 Å². The Morgan fingerprint density at radius 1 is 0.964 bits per heavy atom. The molecule has 152 valence electrons. The first-order valence-electron chi connectivity index (χ1n) is 9.59. The molecular weight excluding hydrogens is 393 g/mol. The molecule has 6 heteroatoms. The van der Waals surface area contributed by atoms with Crippen molar-refractivity contribution in [1.29, 1.82) is 0 Å². The fourth-order valence-corrected chi connectivity index (χ4v) is 4.11. The van der Waals surface area contributed by atoms with E-state index in [1.165, 1.54) is 24.0 Å². The number of anilines is 2. The molecule has 2 atom stereocenters. The number of benzene rings is 2. The standard InChI is InChI=1S/C22H27N3O.2ClH/c1-15-6-5-9-20(16(15)2)24-21-8-4-3-7-19(21)22(26)25-13-12-17-10-11-18(14-25)23-17;;/h3-9,17-18,23-24H,10-14H2,1-2H3;2*1H. The Morgan fingerprint density at radius 3 is 2.50 bits per heavy atom. The summed E-state index contributed by atoms with van der Waals surface area (Å²) in [4.78, 5) is 15.3. The number of fused-ring (bicyclic) bond motifs is 2.